The lowest BCUT2D eigenvalue weighted by Crippen LogP contribution is -2.51. The molecule has 6 atom stereocenters. The first-order valence-corrected chi connectivity index (χ1v) is 17.8. The zero-order chi connectivity index (χ0) is 32.8. The molecule has 1 fully saturated rings. The van der Waals surface area contributed by atoms with Crippen molar-refractivity contribution in [3.05, 3.63) is 64.7 Å². The van der Waals surface area contributed by atoms with Crippen molar-refractivity contribution >= 4 is 39.3 Å². The van der Waals surface area contributed by atoms with Gasteiger partial charge in [0.05, 0.1) is 23.7 Å². The molecule has 1 spiro atoms. The Labute approximate surface area is 276 Å². The van der Waals surface area contributed by atoms with E-state index in [4.69, 9.17) is 25.8 Å². The van der Waals surface area contributed by atoms with Crippen molar-refractivity contribution in [2.45, 2.75) is 56.1 Å². The SMILES string of the molecule is C[C@H]1C/C=C/[C@H](OC(=O)N(C)C)[C@@H]2CC[C@H]2CN2C[C@]3(COc4ccc(cc42)S(=O)(=O)NC(=O)[C@@H]1C)OCCc1cc(Cl)ccc13. The predicted molar refractivity (Wildman–Crippen MR) is 175 cm³/mol. The molecule has 1 aliphatic carbocycles. The molecule has 1 N–H and O–H groups in total. The molecule has 0 unspecified atom stereocenters. The summed E-state index contributed by atoms with van der Waals surface area (Å²) < 4.78 is 48.4. The lowest BCUT2D eigenvalue weighted by Gasteiger charge is -2.45. The highest BCUT2D eigenvalue weighted by molar-refractivity contribution is 7.90. The molecule has 248 valence electrons. The van der Waals surface area contributed by atoms with Crippen LogP contribution in [0.5, 0.6) is 5.75 Å². The van der Waals surface area contributed by atoms with E-state index in [1.807, 2.05) is 37.3 Å². The molecule has 10 nitrogen and oxygen atoms in total. The van der Waals surface area contributed by atoms with E-state index in [1.165, 1.54) is 11.0 Å². The number of fused-ring (bicyclic) bond motifs is 4. The molecule has 6 rings (SSSR count). The molecule has 12 heteroatoms. The number of allylic oxidation sites excluding steroid dienone is 1. The van der Waals surface area contributed by atoms with Crippen LogP contribution in [0, 0.1) is 23.7 Å². The quantitative estimate of drug-likeness (QED) is 0.415. The molecule has 46 heavy (non-hydrogen) atoms. The van der Waals surface area contributed by atoms with Crippen LogP contribution in [0.1, 0.15) is 44.2 Å². The lowest BCUT2D eigenvalue weighted by atomic mass is 9.70. The van der Waals surface area contributed by atoms with E-state index < -0.39 is 39.6 Å². The summed E-state index contributed by atoms with van der Waals surface area (Å²) in [7, 11) is -0.837. The van der Waals surface area contributed by atoms with Crippen LogP contribution in [0.4, 0.5) is 10.5 Å². The van der Waals surface area contributed by atoms with Gasteiger partial charge in [0.1, 0.15) is 24.1 Å². The number of carbonyl (C=O) groups is 2. The number of carbonyl (C=O) groups excluding carboxylic acids is 2. The zero-order valence-electron chi connectivity index (χ0n) is 26.7. The van der Waals surface area contributed by atoms with Gasteiger partial charge in [0, 0.05) is 37.5 Å². The Bertz CT molecular complexity index is 1650. The minimum atomic E-state index is -4.16. The molecule has 0 saturated heterocycles. The van der Waals surface area contributed by atoms with Crippen LogP contribution in [0.15, 0.2) is 53.4 Å². The van der Waals surface area contributed by atoms with E-state index in [9.17, 15) is 18.0 Å². The van der Waals surface area contributed by atoms with E-state index >= 15 is 0 Å². The monoisotopic (exact) mass is 671 g/mol. The molecule has 1 saturated carbocycles. The summed E-state index contributed by atoms with van der Waals surface area (Å²) in [4.78, 5) is 29.5. The van der Waals surface area contributed by atoms with Gasteiger partial charge in [0.2, 0.25) is 5.91 Å². The number of sulfonamides is 1. The van der Waals surface area contributed by atoms with Gasteiger partial charge < -0.3 is 24.0 Å². The van der Waals surface area contributed by atoms with E-state index in [0.717, 1.165) is 30.4 Å². The van der Waals surface area contributed by atoms with Gasteiger partial charge in [-0.25, -0.2) is 17.9 Å². The second-order valence-corrected chi connectivity index (χ2v) is 15.5. The van der Waals surface area contributed by atoms with E-state index in [-0.39, 0.29) is 29.3 Å². The van der Waals surface area contributed by atoms with Crippen molar-refractivity contribution in [1.82, 2.24) is 9.62 Å². The Balaban J connectivity index is 1.44. The molecule has 3 aliphatic heterocycles. The zero-order valence-corrected chi connectivity index (χ0v) is 28.3. The topological polar surface area (TPSA) is 114 Å². The first-order chi connectivity index (χ1) is 21.9. The molecular formula is C34H42ClN3O7S. The number of nitrogens with zero attached hydrogens (tertiary/aromatic N) is 2. The largest absolute Gasteiger partial charge is 0.488 e. The van der Waals surface area contributed by atoms with Crippen molar-refractivity contribution in [1.29, 1.82) is 0 Å². The first kappa shape index (κ1) is 32.7. The van der Waals surface area contributed by atoms with Crippen LogP contribution in [-0.2, 0) is 36.3 Å². The van der Waals surface area contributed by atoms with Gasteiger partial charge in [-0.2, -0.15) is 0 Å². The molecule has 2 bridgehead atoms. The fourth-order valence-corrected chi connectivity index (χ4v) is 8.21. The fraction of sp³-hybridized carbons (Fsp3) is 0.529. The molecule has 0 radical (unpaired) electrons. The average Bonchev–Trinajstić information content (AvgIpc) is 3.14. The van der Waals surface area contributed by atoms with Gasteiger partial charge in [-0.3, -0.25) is 4.79 Å². The number of anilines is 1. The number of benzene rings is 2. The summed E-state index contributed by atoms with van der Waals surface area (Å²) in [5.41, 5.74) is 1.87. The normalized spacial score (nSPS) is 31.2. The number of nitrogens with one attached hydrogen (secondary N) is 1. The smallest absolute Gasteiger partial charge is 0.409 e. The Morgan fingerprint density at radius 3 is 2.70 bits per heavy atom. The van der Waals surface area contributed by atoms with E-state index in [0.29, 0.717) is 42.6 Å². The summed E-state index contributed by atoms with van der Waals surface area (Å²) in [6.07, 6.45) is 6.06. The maximum atomic E-state index is 13.6. The summed E-state index contributed by atoms with van der Waals surface area (Å²) in [5, 5.41) is 0.655. The second kappa shape index (κ2) is 12.7. The number of hydrogen-bond acceptors (Lipinski definition) is 8. The van der Waals surface area contributed by atoms with Crippen LogP contribution in [0.25, 0.3) is 0 Å². The standard InChI is InChI=1S/C34H42ClN3O7S/c1-21-6-5-7-30(45-33(40)37(3)4)27-11-8-24(27)18-38-19-34(28-12-9-25(35)16-23(28)14-15-44-34)20-43-31-13-10-26(17-29(31)38)46(41,42)36-32(39)22(21)2/h5,7,9-10,12-13,16-17,21-22,24,27,30H,6,8,11,14-15,18-20H2,1-4H3,(H,36,39)/b7-5+/t21-,22+,24-,27+,30-,34+/m0/s1. The summed E-state index contributed by atoms with van der Waals surface area (Å²) in [6.45, 7) is 5.30. The molecule has 2 aromatic carbocycles. The third-order valence-corrected chi connectivity index (χ3v) is 11.7. The average molecular weight is 672 g/mol. The van der Waals surface area contributed by atoms with Gasteiger partial charge >= 0.3 is 6.09 Å². The lowest BCUT2D eigenvalue weighted by molar-refractivity contribution is -0.124. The van der Waals surface area contributed by atoms with Crippen molar-refractivity contribution in [3.63, 3.8) is 0 Å². The van der Waals surface area contributed by atoms with Crippen molar-refractivity contribution in [2.75, 3.05) is 45.3 Å². The van der Waals surface area contributed by atoms with Crippen molar-refractivity contribution < 1.29 is 32.2 Å². The highest BCUT2D eigenvalue weighted by atomic mass is 35.5. The molecule has 0 aromatic heterocycles. The predicted octanol–water partition coefficient (Wildman–Crippen LogP) is 5.14. The number of rotatable bonds is 1. The molecule has 2 amide bonds. The van der Waals surface area contributed by atoms with Crippen LogP contribution in [0.3, 0.4) is 0 Å². The Kier molecular flexibility index (Phi) is 9.04. The molecule has 2 aromatic rings. The summed E-state index contributed by atoms with van der Waals surface area (Å²) in [5.74, 6) is -0.578. The Hall–Kier alpha value is -3.28. The van der Waals surface area contributed by atoms with Gasteiger partial charge in [0.25, 0.3) is 10.0 Å². The van der Waals surface area contributed by atoms with Crippen LogP contribution < -0.4 is 14.4 Å². The Morgan fingerprint density at radius 2 is 1.96 bits per heavy atom. The minimum absolute atomic E-state index is 0.0179. The number of halogens is 1. The van der Waals surface area contributed by atoms with Gasteiger partial charge in [-0.15, -0.1) is 0 Å². The number of hydrogen-bond donors (Lipinski definition) is 1. The third kappa shape index (κ3) is 6.33. The fourth-order valence-electron chi connectivity index (χ4n) is 6.93. The minimum Gasteiger partial charge on any atom is -0.488 e. The number of ether oxygens (including phenoxy) is 3. The maximum Gasteiger partial charge on any atom is 0.409 e. The summed E-state index contributed by atoms with van der Waals surface area (Å²) >= 11 is 6.37. The van der Waals surface area contributed by atoms with Crippen LogP contribution in [0.2, 0.25) is 5.02 Å². The van der Waals surface area contributed by atoms with Gasteiger partial charge in [-0.05, 0) is 85.1 Å². The van der Waals surface area contributed by atoms with Crippen LogP contribution >= 0.6 is 11.6 Å². The highest BCUT2D eigenvalue weighted by Crippen LogP contribution is 2.46. The Morgan fingerprint density at radius 1 is 1.15 bits per heavy atom. The van der Waals surface area contributed by atoms with Crippen molar-refractivity contribution in [2.24, 2.45) is 23.7 Å². The molecule has 3 heterocycles. The number of amides is 2. The van der Waals surface area contributed by atoms with Gasteiger partial charge in [0.15, 0.2) is 0 Å². The molecule has 4 aliphatic rings. The van der Waals surface area contributed by atoms with E-state index in [2.05, 4.69) is 9.62 Å². The molecular weight excluding hydrogens is 630 g/mol. The highest BCUT2D eigenvalue weighted by Gasteiger charge is 2.46. The van der Waals surface area contributed by atoms with Crippen LogP contribution in [-0.4, -0.2) is 71.8 Å². The third-order valence-electron chi connectivity index (χ3n) is 10.1. The van der Waals surface area contributed by atoms with Crippen molar-refractivity contribution in [3.8, 4) is 5.75 Å². The summed E-state index contributed by atoms with van der Waals surface area (Å²) in [6, 6.07) is 10.5. The second-order valence-electron chi connectivity index (χ2n) is 13.3. The first-order valence-electron chi connectivity index (χ1n) is 15.9. The maximum absolute atomic E-state index is 13.6. The van der Waals surface area contributed by atoms with Gasteiger partial charge in [-0.1, -0.05) is 37.6 Å². The van der Waals surface area contributed by atoms with E-state index in [1.54, 1.807) is 33.2 Å².